The summed E-state index contributed by atoms with van der Waals surface area (Å²) in [5.41, 5.74) is 0. The van der Waals surface area contributed by atoms with Crippen LogP contribution in [0.1, 0.15) is 0 Å². The van der Waals surface area contributed by atoms with Gasteiger partial charge in [-0.2, -0.15) is 4.31 Å². The molecule has 10 heteroatoms. The van der Waals surface area contributed by atoms with E-state index >= 15 is 0 Å². The molecule has 0 aliphatic carbocycles. The Morgan fingerprint density at radius 2 is 1.70 bits per heavy atom. The number of piperazine rings is 1. The Labute approximate surface area is 158 Å². The van der Waals surface area contributed by atoms with Crippen molar-refractivity contribution in [1.82, 2.24) is 14.1 Å². The summed E-state index contributed by atoms with van der Waals surface area (Å²) < 4.78 is 37.1. The molecule has 0 spiro atoms. The van der Waals surface area contributed by atoms with E-state index in [1.807, 2.05) is 0 Å². The highest BCUT2D eigenvalue weighted by atomic mass is 32.2. The summed E-state index contributed by atoms with van der Waals surface area (Å²) in [4.78, 5) is 28.3. The monoisotopic (exact) mass is 397 g/mol. The molecule has 2 saturated heterocycles. The predicted octanol–water partition coefficient (Wildman–Crippen LogP) is -0.0133. The van der Waals surface area contributed by atoms with Gasteiger partial charge in [-0.25, -0.2) is 13.2 Å². The Morgan fingerprint density at radius 3 is 2.33 bits per heavy atom. The van der Waals surface area contributed by atoms with Gasteiger partial charge in [0.25, 0.3) is 0 Å². The number of esters is 1. The smallest absolute Gasteiger partial charge is 0.326 e. The number of urea groups is 1. The van der Waals surface area contributed by atoms with Crippen LogP contribution in [0.2, 0.25) is 0 Å². The Kier molecular flexibility index (Phi) is 5.98. The fourth-order valence-electron chi connectivity index (χ4n) is 3.24. The molecule has 0 unspecified atom stereocenters. The summed E-state index contributed by atoms with van der Waals surface area (Å²) in [7, 11) is -2.67. The molecule has 2 aliphatic rings. The third-order valence-electron chi connectivity index (χ3n) is 4.71. The van der Waals surface area contributed by atoms with Gasteiger partial charge >= 0.3 is 12.0 Å². The molecule has 1 aromatic carbocycles. The lowest BCUT2D eigenvalue weighted by Crippen LogP contribution is -2.61. The summed E-state index contributed by atoms with van der Waals surface area (Å²) in [6.45, 7) is 2.06. The fourth-order valence-corrected chi connectivity index (χ4v) is 4.82. The first kappa shape index (κ1) is 19.6. The maximum atomic E-state index is 13.0. The highest BCUT2D eigenvalue weighted by molar-refractivity contribution is 7.89. The van der Waals surface area contributed by atoms with Crippen LogP contribution >= 0.6 is 0 Å². The van der Waals surface area contributed by atoms with Gasteiger partial charge in [0.05, 0.1) is 25.2 Å². The number of carbonyl (C=O) groups is 2. The number of hydrogen-bond acceptors (Lipinski definition) is 6. The molecule has 1 aromatic rings. The number of rotatable bonds is 3. The number of ether oxygens (including phenoxy) is 2. The van der Waals surface area contributed by atoms with Crippen LogP contribution in [0.5, 0.6) is 0 Å². The van der Waals surface area contributed by atoms with Gasteiger partial charge in [-0.3, -0.25) is 4.79 Å². The van der Waals surface area contributed by atoms with Crippen molar-refractivity contribution in [3.8, 4) is 0 Å². The molecule has 9 nitrogen and oxygen atoms in total. The van der Waals surface area contributed by atoms with Gasteiger partial charge in [0, 0.05) is 32.7 Å². The zero-order valence-electron chi connectivity index (χ0n) is 15.1. The van der Waals surface area contributed by atoms with Gasteiger partial charge in [0.1, 0.15) is 6.04 Å². The van der Waals surface area contributed by atoms with E-state index in [1.54, 1.807) is 23.1 Å². The van der Waals surface area contributed by atoms with Gasteiger partial charge in [-0.15, -0.1) is 0 Å². The Morgan fingerprint density at radius 1 is 1.04 bits per heavy atom. The van der Waals surface area contributed by atoms with Crippen LogP contribution in [0.3, 0.4) is 0 Å². The minimum Gasteiger partial charge on any atom is -0.468 e. The molecule has 148 valence electrons. The first-order valence-corrected chi connectivity index (χ1v) is 10.2. The second-order valence-electron chi connectivity index (χ2n) is 6.30. The van der Waals surface area contributed by atoms with Crippen molar-refractivity contribution in [3.05, 3.63) is 30.3 Å². The van der Waals surface area contributed by atoms with E-state index in [0.29, 0.717) is 26.3 Å². The Balaban J connectivity index is 1.81. The molecular weight excluding hydrogens is 374 g/mol. The molecule has 1 atom stereocenters. The molecule has 2 aliphatic heterocycles. The van der Waals surface area contributed by atoms with Gasteiger partial charge in [-0.05, 0) is 12.1 Å². The van der Waals surface area contributed by atoms with E-state index in [2.05, 4.69) is 0 Å². The van der Waals surface area contributed by atoms with Gasteiger partial charge in [0.2, 0.25) is 10.0 Å². The van der Waals surface area contributed by atoms with E-state index < -0.39 is 22.0 Å². The summed E-state index contributed by atoms with van der Waals surface area (Å²) in [5.74, 6) is -0.686. The molecule has 0 bridgehead atoms. The number of carbonyl (C=O) groups excluding carboxylic acids is 2. The first-order chi connectivity index (χ1) is 12.9. The second kappa shape index (κ2) is 8.24. The topological polar surface area (TPSA) is 96.5 Å². The summed E-state index contributed by atoms with van der Waals surface area (Å²) >= 11 is 0. The number of amides is 2. The molecule has 27 heavy (non-hydrogen) atoms. The SMILES string of the molecule is COC(=O)[C@@H]1CN(C(=O)N2CCOCC2)CCN1S(=O)(=O)c1ccccc1. The zero-order chi connectivity index (χ0) is 19.4. The quantitative estimate of drug-likeness (QED) is 0.666. The van der Waals surface area contributed by atoms with E-state index in [9.17, 15) is 18.0 Å². The minimum atomic E-state index is -3.88. The molecule has 2 amide bonds. The van der Waals surface area contributed by atoms with Crippen molar-refractivity contribution in [2.24, 2.45) is 0 Å². The average Bonchev–Trinajstić information content (AvgIpc) is 2.73. The van der Waals surface area contributed by atoms with Crippen molar-refractivity contribution in [2.45, 2.75) is 10.9 Å². The number of nitrogens with zero attached hydrogens (tertiary/aromatic N) is 3. The van der Waals surface area contributed by atoms with Crippen LogP contribution in [-0.2, 0) is 24.3 Å². The van der Waals surface area contributed by atoms with Crippen LogP contribution < -0.4 is 0 Å². The number of methoxy groups -OCH3 is 1. The average molecular weight is 397 g/mol. The molecule has 0 N–H and O–H groups in total. The highest BCUT2D eigenvalue weighted by Crippen LogP contribution is 2.23. The van der Waals surface area contributed by atoms with Crippen LogP contribution in [-0.4, -0.2) is 93.6 Å². The van der Waals surface area contributed by atoms with Gasteiger partial charge < -0.3 is 19.3 Å². The number of morpholine rings is 1. The van der Waals surface area contributed by atoms with E-state index in [-0.39, 0.29) is 30.6 Å². The molecular formula is C17H23N3O6S. The van der Waals surface area contributed by atoms with Crippen LogP contribution in [0.4, 0.5) is 4.79 Å². The molecule has 2 heterocycles. The van der Waals surface area contributed by atoms with Crippen molar-refractivity contribution in [1.29, 1.82) is 0 Å². The third-order valence-corrected chi connectivity index (χ3v) is 6.63. The third kappa shape index (κ3) is 4.07. The number of benzene rings is 1. The maximum absolute atomic E-state index is 13.0. The summed E-state index contributed by atoms with van der Waals surface area (Å²) in [5, 5.41) is 0. The lowest BCUT2D eigenvalue weighted by molar-refractivity contribution is -0.146. The van der Waals surface area contributed by atoms with E-state index in [0.717, 1.165) is 4.31 Å². The lowest BCUT2D eigenvalue weighted by Gasteiger charge is -2.41. The second-order valence-corrected chi connectivity index (χ2v) is 8.19. The largest absolute Gasteiger partial charge is 0.468 e. The maximum Gasteiger partial charge on any atom is 0.326 e. The lowest BCUT2D eigenvalue weighted by atomic mass is 10.2. The number of hydrogen-bond donors (Lipinski definition) is 0. The van der Waals surface area contributed by atoms with Crippen molar-refractivity contribution >= 4 is 22.0 Å². The Bertz CT molecular complexity index is 779. The Hall–Kier alpha value is -2.17. The van der Waals surface area contributed by atoms with Crippen LogP contribution in [0.15, 0.2) is 35.2 Å². The van der Waals surface area contributed by atoms with Crippen molar-refractivity contribution in [2.75, 3.05) is 53.0 Å². The fraction of sp³-hybridized carbons (Fsp3) is 0.529. The molecule has 0 aromatic heterocycles. The van der Waals surface area contributed by atoms with Crippen LogP contribution in [0.25, 0.3) is 0 Å². The minimum absolute atomic E-state index is 0.0209. The highest BCUT2D eigenvalue weighted by Gasteiger charge is 2.42. The van der Waals surface area contributed by atoms with Crippen LogP contribution in [0, 0.1) is 0 Å². The normalized spacial score (nSPS) is 21.7. The molecule has 0 radical (unpaired) electrons. The van der Waals surface area contributed by atoms with Crippen molar-refractivity contribution < 1.29 is 27.5 Å². The first-order valence-electron chi connectivity index (χ1n) is 8.71. The number of sulfonamides is 1. The molecule has 3 rings (SSSR count). The molecule has 0 saturated carbocycles. The molecule has 2 fully saturated rings. The van der Waals surface area contributed by atoms with E-state index in [1.165, 1.54) is 24.1 Å². The standard InChI is InChI=1S/C17H23N3O6S/c1-25-16(21)15-13-19(17(22)18-9-11-26-12-10-18)7-8-20(15)27(23,24)14-5-3-2-4-6-14/h2-6,15H,7-13H2,1H3/t15-/m0/s1. The van der Waals surface area contributed by atoms with Gasteiger partial charge in [0.15, 0.2) is 0 Å². The summed E-state index contributed by atoms with van der Waals surface area (Å²) in [6.07, 6.45) is 0. The predicted molar refractivity (Wildman–Crippen MR) is 95.5 cm³/mol. The van der Waals surface area contributed by atoms with Gasteiger partial charge in [-0.1, -0.05) is 18.2 Å². The van der Waals surface area contributed by atoms with Crippen molar-refractivity contribution in [3.63, 3.8) is 0 Å². The summed E-state index contributed by atoms with van der Waals surface area (Å²) in [6, 6.07) is 6.62. The zero-order valence-corrected chi connectivity index (χ0v) is 15.9. The van der Waals surface area contributed by atoms with E-state index in [4.69, 9.17) is 9.47 Å².